The van der Waals surface area contributed by atoms with E-state index >= 15 is 0 Å². The van der Waals surface area contributed by atoms with E-state index in [4.69, 9.17) is 16.3 Å². The molecule has 2 aliphatic rings. The second kappa shape index (κ2) is 5.71. The summed E-state index contributed by atoms with van der Waals surface area (Å²) in [6, 6.07) is 14.1. The topological polar surface area (TPSA) is 38.3 Å². The van der Waals surface area contributed by atoms with Gasteiger partial charge in [-0.1, -0.05) is 11.6 Å². The van der Waals surface area contributed by atoms with Crippen molar-refractivity contribution in [2.24, 2.45) is 0 Å². The zero-order valence-electron chi connectivity index (χ0n) is 11.1. The normalized spacial score (nSPS) is 21.9. The van der Waals surface area contributed by atoms with Crippen molar-refractivity contribution in [2.45, 2.75) is 11.8 Å². The minimum Gasteiger partial charge on any atom is -0.482 e. The molecule has 2 heterocycles. The number of carbonyl (C=O) groups excluding carboxylic acids is 1. The van der Waals surface area contributed by atoms with Gasteiger partial charge in [0.05, 0.1) is 5.92 Å². The Balaban J connectivity index is 0.00000132. The fourth-order valence-corrected chi connectivity index (χ4v) is 3.23. The Labute approximate surface area is 152 Å². The van der Waals surface area contributed by atoms with Gasteiger partial charge in [0.1, 0.15) is 5.75 Å². The quantitative estimate of drug-likeness (QED) is 0.720. The molecule has 1 radical (unpaired) electrons. The van der Waals surface area contributed by atoms with E-state index in [1.807, 2.05) is 30.3 Å². The largest absolute Gasteiger partial charge is 0.482 e. The fourth-order valence-electron chi connectivity index (χ4n) is 3.05. The van der Waals surface area contributed by atoms with E-state index in [1.165, 1.54) is 0 Å². The average Bonchev–Trinajstić information content (AvgIpc) is 2.76. The molecule has 1 N–H and O–H groups in total. The van der Waals surface area contributed by atoms with E-state index in [0.29, 0.717) is 17.3 Å². The predicted molar refractivity (Wildman–Crippen MR) is 75.3 cm³/mol. The maximum absolute atomic E-state index is 12.2. The molecule has 103 valence electrons. The van der Waals surface area contributed by atoms with Gasteiger partial charge in [0, 0.05) is 55.6 Å². The molecule has 2 atom stereocenters. The third-order valence-electron chi connectivity index (χ3n) is 3.96. The number of hydrogen-bond acceptors (Lipinski definition) is 2. The number of halogens is 1. The minimum absolute atomic E-state index is 0. The van der Waals surface area contributed by atoms with Crippen LogP contribution in [0.2, 0.25) is 5.02 Å². The second-order valence-electron chi connectivity index (χ2n) is 5.08. The molecule has 1 amide bonds. The van der Waals surface area contributed by atoms with Crippen LogP contribution in [0.25, 0.3) is 0 Å². The Hall–Kier alpha value is -0.896. The van der Waals surface area contributed by atoms with E-state index in [1.54, 1.807) is 6.07 Å². The molecule has 2 aliphatic heterocycles. The molecule has 4 rings (SSSR count). The van der Waals surface area contributed by atoms with Crippen molar-refractivity contribution < 1.29 is 42.2 Å². The Morgan fingerprint density at radius 2 is 2.05 bits per heavy atom. The average molecular weight is 374 g/mol. The fraction of sp³-hybridized carbons (Fsp3) is 0.188. The number of nitrogens with one attached hydrogen (secondary N) is 1. The molecule has 3 nitrogen and oxygen atoms in total. The van der Waals surface area contributed by atoms with Gasteiger partial charge in [-0.15, -0.1) is 11.6 Å². The van der Waals surface area contributed by atoms with Gasteiger partial charge in [0.2, 0.25) is 5.91 Å². The zero-order valence-corrected chi connectivity index (χ0v) is 14.7. The SMILES string of the molecule is O=C1NC[C@@H]2c3c[c-]ccc3Oc3ccc(Cl)cc3[C@@H]12.[Y]. The van der Waals surface area contributed by atoms with Gasteiger partial charge in [-0.2, -0.15) is 18.2 Å². The van der Waals surface area contributed by atoms with Gasteiger partial charge in [0.15, 0.2) is 0 Å². The van der Waals surface area contributed by atoms with Crippen LogP contribution in [0.1, 0.15) is 23.0 Å². The van der Waals surface area contributed by atoms with E-state index < -0.39 is 0 Å². The van der Waals surface area contributed by atoms with Crippen LogP contribution < -0.4 is 10.1 Å². The van der Waals surface area contributed by atoms with Crippen molar-refractivity contribution in [3.8, 4) is 11.5 Å². The van der Waals surface area contributed by atoms with Gasteiger partial charge in [-0.3, -0.25) is 4.79 Å². The first kappa shape index (κ1) is 15.0. The summed E-state index contributed by atoms with van der Waals surface area (Å²) >= 11 is 6.09. The third kappa shape index (κ3) is 2.42. The molecule has 2 aromatic carbocycles. The van der Waals surface area contributed by atoms with Gasteiger partial charge < -0.3 is 10.1 Å². The summed E-state index contributed by atoms with van der Waals surface area (Å²) in [7, 11) is 0. The molecule has 0 saturated carbocycles. The van der Waals surface area contributed by atoms with Crippen LogP contribution in [0, 0.1) is 6.07 Å². The molecule has 0 bridgehead atoms. The Morgan fingerprint density at radius 1 is 1.24 bits per heavy atom. The van der Waals surface area contributed by atoms with Crippen molar-refractivity contribution in [1.29, 1.82) is 0 Å². The van der Waals surface area contributed by atoms with E-state index in [9.17, 15) is 4.79 Å². The number of amides is 1. The van der Waals surface area contributed by atoms with Gasteiger partial charge >= 0.3 is 0 Å². The van der Waals surface area contributed by atoms with Crippen LogP contribution in [0.3, 0.4) is 0 Å². The van der Waals surface area contributed by atoms with Gasteiger partial charge in [-0.25, -0.2) is 0 Å². The molecule has 5 heteroatoms. The third-order valence-corrected chi connectivity index (χ3v) is 4.20. The number of carbonyl (C=O) groups is 1. The van der Waals surface area contributed by atoms with Crippen LogP contribution in [0.4, 0.5) is 0 Å². The molecule has 2 aromatic rings. The van der Waals surface area contributed by atoms with Crippen molar-refractivity contribution in [3.05, 3.63) is 58.6 Å². The number of fused-ring (bicyclic) bond motifs is 5. The molecular weight excluding hydrogens is 363 g/mol. The van der Waals surface area contributed by atoms with Gasteiger partial charge in [-0.05, 0) is 24.1 Å². The summed E-state index contributed by atoms with van der Waals surface area (Å²) in [5.74, 6) is 1.33. The molecule has 0 unspecified atom stereocenters. The first-order valence-corrected chi connectivity index (χ1v) is 6.87. The smallest absolute Gasteiger partial charge is 0.227 e. The van der Waals surface area contributed by atoms with E-state index in [2.05, 4.69) is 11.4 Å². The van der Waals surface area contributed by atoms with Crippen LogP contribution in [0.15, 0.2) is 36.4 Å². The zero-order chi connectivity index (χ0) is 13.7. The maximum atomic E-state index is 12.2. The van der Waals surface area contributed by atoms with Crippen LogP contribution in [-0.2, 0) is 37.5 Å². The summed E-state index contributed by atoms with van der Waals surface area (Å²) in [5.41, 5.74) is 1.87. The molecule has 1 saturated heterocycles. The summed E-state index contributed by atoms with van der Waals surface area (Å²) in [6.07, 6.45) is 0. The monoisotopic (exact) mass is 373 g/mol. The van der Waals surface area contributed by atoms with E-state index in [-0.39, 0.29) is 50.5 Å². The molecule has 0 aromatic heterocycles. The summed E-state index contributed by atoms with van der Waals surface area (Å²) in [5, 5.41) is 3.55. The van der Waals surface area contributed by atoms with Crippen molar-refractivity contribution in [3.63, 3.8) is 0 Å². The number of benzene rings is 2. The Bertz CT molecular complexity index is 719. The second-order valence-corrected chi connectivity index (χ2v) is 5.51. The molecular formula is C16H11ClNO2Y-. The number of rotatable bonds is 0. The molecule has 0 spiro atoms. The predicted octanol–water partition coefficient (Wildman–Crippen LogP) is 3.24. The number of hydrogen-bond donors (Lipinski definition) is 1. The Morgan fingerprint density at radius 3 is 2.90 bits per heavy atom. The first-order chi connectivity index (χ1) is 9.74. The molecule has 1 fully saturated rings. The van der Waals surface area contributed by atoms with Crippen molar-refractivity contribution >= 4 is 17.5 Å². The van der Waals surface area contributed by atoms with Crippen LogP contribution in [0.5, 0.6) is 11.5 Å². The summed E-state index contributed by atoms with van der Waals surface area (Å²) in [4.78, 5) is 12.2. The maximum Gasteiger partial charge on any atom is 0.227 e. The van der Waals surface area contributed by atoms with Crippen LogP contribution in [-0.4, -0.2) is 12.5 Å². The minimum atomic E-state index is -0.249. The van der Waals surface area contributed by atoms with E-state index in [0.717, 1.165) is 16.9 Å². The standard InChI is InChI=1S/C16H11ClNO2.Y/c17-9-5-6-14-11(7-9)15-12(8-18-16(15)19)10-3-1-2-4-13(10)20-14;/h2-7,12,15H,8H2,(H,18,19);/q-1;/t12-,15-;/m1./s1. The Kier molecular flexibility index (Phi) is 4.09. The number of ether oxygens (including phenoxy) is 1. The summed E-state index contributed by atoms with van der Waals surface area (Å²) < 4.78 is 5.98. The first-order valence-electron chi connectivity index (χ1n) is 6.49. The summed E-state index contributed by atoms with van der Waals surface area (Å²) in [6.45, 7) is 0.615. The van der Waals surface area contributed by atoms with Crippen molar-refractivity contribution in [2.75, 3.05) is 6.54 Å². The van der Waals surface area contributed by atoms with Gasteiger partial charge in [0.25, 0.3) is 0 Å². The van der Waals surface area contributed by atoms with Crippen LogP contribution >= 0.6 is 11.6 Å². The van der Waals surface area contributed by atoms with Crippen molar-refractivity contribution in [1.82, 2.24) is 5.32 Å². The molecule has 21 heavy (non-hydrogen) atoms. The molecule has 0 aliphatic carbocycles.